The molecule has 0 aliphatic rings. The molecule has 0 bridgehead atoms. The smallest absolute Gasteiger partial charge is 0.429 e. The van der Waals surface area contributed by atoms with Gasteiger partial charge in [-0.3, -0.25) is 0 Å². The van der Waals surface area contributed by atoms with E-state index in [9.17, 15) is 14.4 Å². The Morgan fingerprint density at radius 1 is 0.719 bits per heavy atom. The summed E-state index contributed by atoms with van der Waals surface area (Å²) in [6, 6.07) is 0. The summed E-state index contributed by atoms with van der Waals surface area (Å²) in [4.78, 5) is 33.9. The van der Waals surface area contributed by atoms with E-state index >= 15 is 0 Å². The van der Waals surface area contributed by atoms with Crippen molar-refractivity contribution in [2.24, 2.45) is 11.5 Å². The normalized spacial score (nSPS) is 11.2. The molecular weight excluding hydrogens is 418 g/mol. The zero-order valence-electron chi connectivity index (χ0n) is 20.7. The second kappa shape index (κ2) is 17.6. The number of carboxylic acid groups (broad SMARTS) is 1. The molecule has 11 heteroatoms. The summed E-state index contributed by atoms with van der Waals surface area (Å²) in [7, 11) is 0. The molecule has 7 N–H and O–H groups in total. The number of hydrogen-bond acceptors (Lipinski definition) is 9. The van der Waals surface area contributed by atoms with Crippen LogP contribution in [0.3, 0.4) is 0 Å². The molecule has 0 aliphatic heterocycles. The highest BCUT2D eigenvalue weighted by atomic mass is 16.6. The highest BCUT2D eigenvalue weighted by Gasteiger charge is 2.36. The van der Waals surface area contributed by atoms with E-state index in [4.69, 9.17) is 26.0 Å². The van der Waals surface area contributed by atoms with Crippen molar-refractivity contribution in [3.8, 4) is 0 Å². The predicted molar refractivity (Wildman–Crippen MR) is 125 cm³/mol. The highest BCUT2D eigenvalue weighted by Crippen LogP contribution is 2.14. The Bertz CT molecular complexity index is 492. The van der Waals surface area contributed by atoms with Crippen LogP contribution in [-0.4, -0.2) is 78.8 Å². The molecule has 0 rings (SSSR count). The molecule has 0 saturated carbocycles. The van der Waals surface area contributed by atoms with Crippen molar-refractivity contribution < 1.29 is 29.0 Å². The van der Waals surface area contributed by atoms with E-state index in [0.29, 0.717) is 0 Å². The summed E-state index contributed by atoms with van der Waals surface area (Å²) >= 11 is 0. The Balaban J connectivity index is 0. The van der Waals surface area contributed by atoms with Crippen molar-refractivity contribution in [3.63, 3.8) is 0 Å². The molecule has 190 valence electrons. The maximum Gasteiger partial charge on any atom is 0.429 e. The van der Waals surface area contributed by atoms with E-state index in [1.54, 1.807) is 41.5 Å². The molecule has 0 saturated heterocycles. The van der Waals surface area contributed by atoms with Gasteiger partial charge >= 0.3 is 18.3 Å². The van der Waals surface area contributed by atoms with Crippen molar-refractivity contribution in [3.05, 3.63) is 0 Å². The summed E-state index contributed by atoms with van der Waals surface area (Å²) in [5.41, 5.74) is 8.93. The number of hydrogen-bond donors (Lipinski definition) is 5. The monoisotopic (exact) mass is 463 g/mol. The fraction of sp³-hybridized carbons (Fsp3) is 0.857. The lowest BCUT2D eigenvalue weighted by Crippen LogP contribution is -2.46. The van der Waals surface area contributed by atoms with Gasteiger partial charge in [-0.1, -0.05) is 0 Å². The lowest BCUT2D eigenvalue weighted by Gasteiger charge is -2.26. The molecule has 0 heterocycles. The number of carbonyl (C=O) groups is 3. The van der Waals surface area contributed by atoms with Crippen LogP contribution in [0.5, 0.6) is 0 Å². The molecule has 0 atom stereocenters. The van der Waals surface area contributed by atoms with E-state index < -0.39 is 29.5 Å². The Hall–Kier alpha value is -1.95. The summed E-state index contributed by atoms with van der Waals surface area (Å²) in [5.74, 6) is 0. The first-order valence-corrected chi connectivity index (χ1v) is 11.1. The molecular formula is C21H45N5O6. The fourth-order valence-electron chi connectivity index (χ4n) is 2.05. The average Bonchev–Trinajstić information content (AvgIpc) is 2.60. The topological polar surface area (TPSA) is 169 Å². The van der Waals surface area contributed by atoms with Crippen LogP contribution in [0.4, 0.5) is 14.4 Å². The minimum Gasteiger partial charge on any atom is -0.464 e. The zero-order chi connectivity index (χ0) is 25.2. The first kappa shape index (κ1) is 32.2. The Kier molecular flexibility index (Phi) is 17.7. The van der Waals surface area contributed by atoms with Crippen LogP contribution in [-0.2, 0) is 9.47 Å². The van der Waals surface area contributed by atoms with Crippen molar-refractivity contribution in [1.29, 1.82) is 0 Å². The number of imide groups is 3. The van der Waals surface area contributed by atoms with Gasteiger partial charge < -0.3 is 36.7 Å². The highest BCUT2D eigenvalue weighted by molar-refractivity contribution is 6.03. The summed E-state index contributed by atoms with van der Waals surface area (Å²) in [6.07, 6.45) is 0.302. The van der Waals surface area contributed by atoms with Gasteiger partial charge in [0.05, 0.1) is 0 Å². The molecule has 0 unspecified atom stereocenters. The molecule has 32 heavy (non-hydrogen) atoms. The van der Waals surface area contributed by atoms with Crippen LogP contribution < -0.4 is 22.1 Å². The molecule has 0 aliphatic carbocycles. The average molecular weight is 464 g/mol. The maximum atomic E-state index is 11.5. The molecule has 11 nitrogen and oxygen atoms in total. The zero-order valence-corrected chi connectivity index (χ0v) is 20.7. The molecule has 0 spiro atoms. The fourth-order valence-corrected chi connectivity index (χ4v) is 2.05. The Morgan fingerprint density at radius 3 is 1.28 bits per heavy atom. The van der Waals surface area contributed by atoms with Gasteiger partial charge in [-0.05, 0) is 106 Å². The number of unbranched alkanes of at least 4 members (excludes halogenated alkanes) is 1. The van der Waals surface area contributed by atoms with E-state index in [-0.39, 0.29) is 4.90 Å². The first-order valence-electron chi connectivity index (χ1n) is 11.1. The van der Waals surface area contributed by atoms with E-state index in [0.717, 1.165) is 52.1 Å². The van der Waals surface area contributed by atoms with Crippen molar-refractivity contribution in [2.45, 2.75) is 78.4 Å². The number of nitrogens with one attached hydrogen (secondary N) is 2. The standard InChI is InChI=1S/C11H19NO6.C10H26N4/c1-10(2,3)17-8(15)12(7(13)14)9(16)18-11(4,5)6;11-5-3-9-13-7-1-2-8-14-10-4-6-12/h1-6H3,(H,13,14);13-14H,1-12H2. The van der Waals surface area contributed by atoms with Crippen LogP contribution in [0.2, 0.25) is 0 Å². The van der Waals surface area contributed by atoms with Crippen molar-refractivity contribution >= 4 is 18.3 Å². The number of nitrogens with zero attached hydrogens (tertiary/aromatic N) is 1. The first-order chi connectivity index (χ1) is 14.7. The number of rotatable bonds is 11. The van der Waals surface area contributed by atoms with Gasteiger partial charge in [-0.25, -0.2) is 14.4 Å². The molecule has 0 aromatic carbocycles. The Morgan fingerprint density at radius 2 is 1.03 bits per heavy atom. The third kappa shape index (κ3) is 21.3. The Labute approximate surface area is 192 Å². The summed E-state index contributed by atoms with van der Waals surface area (Å²) < 4.78 is 9.60. The predicted octanol–water partition coefficient (Wildman–Crippen LogP) is 2.48. The summed E-state index contributed by atoms with van der Waals surface area (Å²) in [6.45, 7) is 15.2. The number of ether oxygens (including phenoxy) is 2. The van der Waals surface area contributed by atoms with Gasteiger partial charge in [0.25, 0.3) is 0 Å². The van der Waals surface area contributed by atoms with E-state index in [1.807, 2.05) is 0 Å². The third-order valence-electron chi connectivity index (χ3n) is 3.42. The number of nitrogens with two attached hydrogens (primary N) is 2. The minimum absolute atomic E-state index is 0.101. The van der Waals surface area contributed by atoms with E-state index in [1.165, 1.54) is 12.8 Å². The third-order valence-corrected chi connectivity index (χ3v) is 3.42. The van der Waals surface area contributed by atoms with Crippen LogP contribution in [0, 0.1) is 0 Å². The minimum atomic E-state index is -1.75. The number of amides is 3. The van der Waals surface area contributed by atoms with Crippen LogP contribution in [0.25, 0.3) is 0 Å². The van der Waals surface area contributed by atoms with Crippen LogP contribution in [0.1, 0.15) is 67.2 Å². The largest absolute Gasteiger partial charge is 0.464 e. The van der Waals surface area contributed by atoms with Gasteiger partial charge in [0.2, 0.25) is 0 Å². The molecule has 0 aromatic heterocycles. The van der Waals surface area contributed by atoms with Crippen molar-refractivity contribution in [1.82, 2.24) is 15.5 Å². The van der Waals surface area contributed by atoms with Gasteiger partial charge in [-0.15, -0.1) is 4.90 Å². The lowest BCUT2D eigenvalue weighted by atomic mass is 10.2. The number of carbonyl (C=O) groups excluding carboxylic acids is 2. The van der Waals surface area contributed by atoms with Crippen molar-refractivity contribution in [2.75, 3.05) is 39.3 Å². The van der Waals surface area contributed by atoms with Gasteiger partial charge in [0, 0.05) is 0 Å². The quantitative estimate of drug-likeness (QED) is 0.287. The lowest BCUT2D eigenvalue weighted by molar-refractivity contribution is 0.00501. The second-order valence-corrected chi connectivity index (χ2v) is 9.07. The second-order valence-electron chi connectivity index (χ2n) is 9.07. The molecule has 0 fully saturated rings. The molecule has 0 radical (unpaired) electrons. The summed E-state index contributed by atoms with van der Waals surface area (Å²) in [5, 5.41) is 15.6. The van der Waals surface area contributed by atoms with Crippen LogP contribution in [0.15, 0.2) is 0 Å². The van der Waals surface area contributed by atoms with E-state index in [2.05, 4.69) is 10.6 Å². The van der Waals surface area contributed by atoms with Gasteiger partial charge in [0.1, 0.15) is 11.2 Å². The van der Waals surface area contributed by atoms with Crippen LogP contribution >= 0.6 is 0 Å². The van der Waals surface area contributed by atoms with Gasteiger partial charge in [-0.2, -0.15) is 0 Å². The maximum absolute atomic E-state index is 11.5. The molecule has 3 amide bonds. The van der Waals surface area contributed by atoms with Gasteiger partial charge in [0.15, 0.2) is 0 Å². The molecule has 0 aromatic rings. The SMILES string of the molecule is CC(C)(C)OC(=O)N(C(=O)O)C(=O)OC(C)(C)C.NCCCNCCCCNCCCN.